The lowest BCUT2D eigenvalue weighted by Gasteiger charge is -2.35. The van der Waals surface area contributed by atoms with Gasteiger partial charge in [-0.05, 0) is 36.5 Å². The molecule has 0 bridgehead atoms. The number of hydrogen-bond donors (Lipinski definition) is 0. The molecule has 10 heteroatoms. The Kier molecular flexibility index (Phi) is 5.32. The second-order valence-electron chi connectivity index (χ2n) is 8.26. The Balaban J connectivity index is 1.63. The van der Waals surface area contributed by atoms with E-state index in [1.54, 1.807) is 4.90 Å². The zero-order chi connectivity index (χ0) is 22.3. The van der Waals surface area contributed by atoms with Crippen molar-refractivity contribution in [3.8, 4) is 5.69 Å². The number of piperidine rings is 1. The Morgan fingerprint density at radius 3 is 2.58 bits per heavy atom. The number of amides is 1. The highest BCUT2D eigenvalue weighted by Crippen LogP contribution is 2.30. The Morgan fingerprint density at radius 2 is 1.90 bits per heavy atom. The lowest BCUT2D eigenvalue weighted by Crippen LogP contribution is -2.44. The van der Waals surface area contributed by atoms with Gasteiger partial charge in [0.1, 0.15) is 18.3 Å². The Bertz CT molecular complexity index is 1170. The van der Waals surface area contributed by atoms with Gasteiger partial charge in [-0.2, -0.15) is 18.3 Å². The summed E-state index contributed by atoms with van der Waals surface area (Å²) in [7, 11) is 0. The average Bonchev–Trinajstić information content (AvgIpc) is 3.13. The molecule has 1 aliphatic rings. The van der Waals surface area contributed by atoms with E-state index < -0.39 is 17.3 Å². The molecule has 2 unspecified atom stereocenters. The number of halogens is 3. The zero-order valence-corrected chi connectivity index (χ0v) is 17.1. The molecule has 0 N–H and O–H groups in total. The van der Waals surface area contributed by atoms with Gasteiger partial charge in [0.05, 0.1) is 17.4 Å². The summed E-state index contributed by atoms with van der Waals surface area (Å²) in [6, 6.07) is 4.63. The van der Waals surface area contributed by atoms with E-state index in [2.05, 4.69) is 23.9 Å². The minimum atomic E-state index is -4.50. The molecule has 31 heavy (non-hydrogen) atoms. The molecule has 3 heterocycles. The number of nitrogens with zero attached hydrogens (tertiary/aromatic N) is 5. The molecule has 7 nitrogen and oxygen atoms in total. The number of rotatable bonds is 3. The van der Waals surface area contributed by atoms with Crippen LogP contribution in [0.15, 0.2) is 41.6 Å². The van der Waals surface area contributed by atoms with E-state index in [1.807, 2.05) is 0 Å². The standard InChI is InChI=1S/C21H22F3N5O2/c1-13-6-14(2)10-27(9-13)18(30)11-28-12-25-19-17(20(28)31)8-26-29(19)16-5-3-4-15(7-16)21(22,23)24/h3-5,7-8,12-14H,6,9-11H2,1-2H3. The summed E-state index contributed by atoms with van der Waals surface area (Å²) in [6.45, 7) is 5.36. The third kappa shape index (κ3) is 4.19. The van der Waals surface area contributed by atoms with Crippen molar-refractivity contribution in [1.82, 2.24) is 24.2 Å². The first-order valence-electron chi connectivity index (χ1n) is 10.0. The summed E-state index contributed by atoms with van der Waals surface area (Å²) in [5.74, 6) is 0.637. The number of carbonyl (C=O) groups excluding carboxylic acids is 1. The number of likely N-dealkylation sites (tertiary alicyclic amines) is 1. The molecular weight excluding hydrogens is 411 g/mol. The van der Waals surface area contributed by atoms with Crippen LogP contribution in [0.4, 0.5) is 13.2 Å². The first kappa shape index (κ1) is 21.1. The fourth-order valence-corrected chi connectivity index (χ4v) is 4.18. The van der Waals surface area contributed by atoms with Crippen LogP contribution in [-0.2, 0) is 17.5 Å². The number of fused-ring (bicyclic) bond motifs is 1. The fraction of sp³-hybridized carbons (Fsp3) is 0.429. The average molecular weight is 433 g/mol. The molecule has 0 radical (unpaired) electrons. The van der Waals surface area contributed by atoms with Crippen LogP contribution in [0.1, 0.15) is 25.8 Å². The zero-order valence-electron chi connectivity index (χ0n) is 17.1. The summed E-state index contributed by atoms with van der Waals surface area (Å²) in [6.07, 6.45) is -0.934. The van der Waals surface area contributed by atoms with E-state index in [1.165, 1.54) is 33.9 Å². The summed E-state index contributed by atoms with van der Waals surface area (Å²) < 4.78 is 41.5. The van der Waals surface area contributed by atoms with Crippen LogP contribution in [0.5, 0.6) is 0 Å². The van der Waals surface area contributed by atoms with Gasteiger partial charge in [-0.25, -0.2) is 9.67 Å². The molecule has 3 aromatic rings. The van der Waals surface area contributed by atoms with E-state index in [9.17, 15) is 22.8 Å². The van der Waals surface area contributed by atoms with Crippen LogP contribution < -0.4 is 5.56 Å². The van der Waals surface area contributed by atoms with Crippen LogP contribution >= 0.6 is 0 Å². The molecular formula is C21H22F3N5O2. The van der Waals surface area contributed by atoms with Gasteiger partial charge in [-0.15, -0.1) is 0 Å². The van der Waals surface area contributed by atoms with Crippen LogP contribution in [0.25, 0.3) is 16.7 Å². The minimum Gasteiger partial charge on any atom is -0.341 e. The maximum Gasteiger partial charge on any atom is 0.416 e. The molecule has 1 fully saturated rings. The highest BCUT2D eigenvalue weighted by Gasteiger charge is 2.31. The van der Waals surface area contributed by atoms with Gasteiger partial charge in [-0.1, -0.05) is 19.9 Å². The molecule has 2 atom stereocenters. The van der Waals surface area contributed by atoms with Crippen molar-refractivity contribution in [2.24, 2.45) is 11.8 Å². The van der Waals surface area contributed by atoms with Gasteiger partial charge in [-0.3, -0.25) is 14.2 Å². The third-order valence-corrected chi connectivity index (χ3v) is 5.50. The second kappa shape index (κ2) is 7.82. The molecule has 0 spiro atoms. The first-order valence-corrected chi connectivity index (χ1v) is 10.0. The largest absolute Gasteiger partial charge is 0.416 e. The summed E-state index contributed by atoms with van der Waals surface area (Å²) in [5, 5.41) is 4.19. The Hall–Kier alpha value is -3.17. The van der Waals surface area contributed by atoms with Crippen LogP contribution in [0.3, 0.4) is 0 Å². The SMILES string of the molecule is CC1CC(C)CN(C(=O)Cn2cnc3c(cnn3-c3cccc(C(F)(F)F)c3)c2=O)C1. The number of aromatic nitrogens is 4. The van der Waals surface area contributed by atoms with E-state index in [4.69, 9.17) is 0 Å². The fourth-order valence-electron chi connectivity index (χ4n) is 4.18. The number of alkyl halides is 3. The van der Waals surface area contributed by atoms with E-state index in [0.717, 1.165) is 18.6 Å². The highest BCUT2D eigenvalue weighted by atomic mass is 19.4. The van der Waals surface area contributed by atoms with Crippen molar-refractivity contribution in [3.63, 3.8) is 0 Å². The van der Waals surface area contributed by atoms with Crippen molar-refractivity contribution in [3.05, 3.63) is 52.7 Å². The first-order chi connectivity index (χ1) is 14.6. The van der Waals surface area contributed by atoms with Gasteiger partial charge >= 0.3 is 6.18 Å². The summed E-state index contributed by atoms with van der Waals surface area (Å²) in [4.78, 5) is 31.6. The number of benzene rings is 1. The van der Waals surface area contributed by atoms with Crippen molar-refractivity contribution < 1.29 is 18.0 Å². The molecule has 1 saturated heterocycles. The second-order valence-corrected chi connectivity index (χ2v) is 8.26. The molecule has 0 aliphatic carbocycles. The molecule has 4 rings (SSSR count). The maximum absolute atomic E-state index is 13.0. The molecule has 1 aliphatic heterocycles. The van der Waals surface area contributed by atoms with E-state index in [-0.39, 0.29) is 29.2 Å². The predicted molar refractivity (Wildman–Crippen MR) is 108 cm³/mol. The smallest absolute Gasteiger partial charge is 0.341 e. The summed E-state index contributed by atoms with van der Waals surface area (Å²) in [5.41, 5.74) is -1.01. The van der Waals surface area contributed by atoms with Crippen LogP contribution in [0, 0.1) is 11.8 Å². The Labute approximate surface area is 176 Å². The normalized spacial score (nSPS) is 19.7. The molecule has 1 aromatic carbocycles. The van der Waals surface area contributed by atoms with Crippen LogP contribution in [0.2, 0.25) is 0 Å². The third-order valence-electron chi connectivity index (χ3n) is 5.50. The van der Waals surface area contributed by atoms with Gasteiger partial charge < -0.3 is 4.90 Å². The van der Waals surface area contributed by atoms with Gasteiger partial charge in [0.15, 0.2) is 5.65 Å². The molecule has 164 valence electrons. The van der Waals surface area contributed by atoms with Crippen molar-refractivity contribution in [2.75, 3.05) is 13.1 Å². The van der Waals surface area contributed by atoms with Crippen molar-refractivity contribution in [1.29, 1.82) is 0 Å². The van der Waals surface area contributed by atoms with Gasteiger partial charge in [0.25, 0.3) is 5.56 Å². The minimum absolute atomic E-state index is 0.132. The van der Waals surface area contributed by atoms with Crippen molar-refractivity contribution in [2.45, 2.75) is 33.0 Å². The lowest BCUT2D eigenvalue weighted by molar-refractivity contribution is -0.137. The van der Waals surface area contributed by atoms with E-state index in [0.29, 0.717) is 24.9 Å². The Morgan fingerprint density at radius 1 is 1.19 bits per heavy atom. The molecule has 2 aromatic heterocycles. The quantitative estimate of drug-likeness (QED) is 0.636. The van der Waals surface area contributed by atoms with E-state index >= 15 is 0 Å². The maximum atomic E-state index is 13.0. The molecule has 1 amide bonds. The van der Waals surface area contributed by atoms with Crippen molar-refractivity contribution >= 4 is 16.9 Å². The molecule has 0 saturated carbocycles. The highest BCUT2D eigenvalue weighted by molar-refractivity contribution is 5.78. The summed E-state index contributed by atoms with van der Waals surface area (Å²) >= 11 is 0. The van der Waals surface area contributed by atoms with Gasteiger partial charge in [0.2, 0.25) is 5.91 Å². The monoisotopic (exact) mass is 433 g/mol. The van der Waals surface area contributed by atoms with Crippen LogP contribution in [-0.4, -0.2) is 43.2 Å². The van der Waals surface area contributed by atoms with Gasteiger partial charge in [0, 0.05) is 13.1 Å². The number of hydrogen-bond acceptors (Lipinski definition) is 4. The topological polar surface area (TPSA) is 73.0 Å². The predicted octanol–water partition coefficient (Wildman–Crippen LogP) is 3.11. The lowest BCUT2D eigenvalue weighted by atomic mass is 9.92. The number of carbonyl (C=O) groups is 1.